The molecule has 8 rings (SSSR count). The standard InChI is InChI=1S/C43H36N2O/c1-27(2)36-24-33(30-15-9-6-10-16-30)25-37(28(3)4)41(36)45-22-21-44-43(45)38-23-32-17-11-12-18-34(32)40-35-20-19-31(26-39(35)46-42(38)40)29-13-7-5-8-14-29/h5-28H,1-4H3. The second kappa shape index (κ2) is 11.2. The van der Waals surface area contributed by atoms with E-state index in [4.69, 9.17) is 9.40 Å². The second-order valence-electron chi connectivity index (χ2n) is 12.8. The molecular weight excluding hydrogens is 560 g/mol. The third-order valence-electron chi connectivity index (χ3n) is 9.21. The molecule has 224 valence electrons. The van der Waals surface area contributed by atoms with Gasteiger partial charge in [-0.1, -0.05) is 119 Å². The van der Waals surface area contributed by atoms with Gasteiger partial charge >= 0.3 is 0 Å². The van der Waals surface area contributed by atoms with Crippen molar-refractivity contribution in [1.29, 1.82) is 0 Å². The van der Waals surface area contributed by atoms with Gasteiger partial charge in [0.1, 0.15) is 17.0 Å². The molecule has 0 aliphatic heterocycles. The molecule has 0 bridgehead atoms. The average Bonchev–Trinajstić information content (AvgIpc) is 3.73. The number of benzene rings is 6. The van der Waals surface area contributed by atoms with Gasteiger partial charge in [0.05, 0.1) is 11.3 Å². The first-order chi connectivity index (χ1) is 22.5. The zero-order valence-corrected chi connectivity index (χ0v) is 26.7. The maximum atomic E-state index is 6.85. The largest absolute Gasteiger partial charge is 0.455 e. The van der Waals surface area contributed by atoms with Gasteiger partial charge in [0, 0.05) is 23.2 Å². The van der Waals surface area contributed by atoms with E-state index in [1.807, 2.05) is 12.3 Å². The van der Waals surface area contributed by atoms with E-state index in [1.54, 1.807) is 0 Å². The van der Waals surface area contributed by atoms with Gasteiger partial charge in [-0.2, -0.15) is 0 Å². The van der Waals surface area contributed by atoms with Crippen LogP contribution in [0.5, 0.6) is 0 Å². The summed E-state index contributed by atoms with van der Waals surface area (Å²) in [6.45, 7) is 9.14. The molecule has 0 saturated carbocycles. The fourth-order valence-corrected chi connectivity index (χ4v) is 6.92. The van der Waals surface area contributed by atoms with Crippen LogP contribution >= 0.6 is 0 Å². The van der Waals surface area contributed by atoms with Crippen LogP contribution < -0.4 is 0 Å². The molecule has 3 nitrogen and oxygen atoms in total. The Bertz CT molecular complexity index is 2330. The molecule has 0 atom stereocenters. The highest BCUT2D eigenvalue weighted by Crippen LogP contribution is 2.43. The molecule has 0 spiro atoms. The van der Waals surface area contributed by atoms with E-state index in [2.05, 4.69) is 154 Å². The van der Waals surface area contributed by atoms with E-state index in [9.17, 15) is 0 Å². The molecule has 2 heterocycles. The molecule has 0 unspecified atom stereocenters. The molecule has 0 N–H and O–H groups in total. The van der Waals surface area contributed by atoms with Crippen molar-refractivity contribution >= 4 is 32.7 Å². The SMILES string of the molecule is CC(C)c1cc(-c2ccccc2)cc(C(C)C)c1-n1ccnc1-c1cc2ccccc2c2c1oc1cc(-c3ccccc3)ccc12. The summed E-state index contributed by atoms with van der Waals surface area (Å²) in [5.74, 6) is 1.51. The molecule has 0 amide bonds. The summed E-state index contributed by atoms with van der Waals surface area (Å²) in [7, 11) is 0. The van der Waals surface area contributed by atoms with Crippen molar-refractivity contribution in [2.75, 3.05) is 0 Å². The second-order valence-corrected chi connectivity index (χ2v) is 12.8. The highest BCUT2D eigenvalue weighted by Gasteiger charge is 2.24. The maximum Gasteiger partial charge on any atom is 0.148 e. The van der Waals surface area contributed by atoms with Crippen LogP contribution in [-0.4, -0.2) is 9.55 Å². The van der Waals surface area contributed by atoms with E-state index >= 15 is 0 Å². The normalized spacial score (nSPS) is 11.9. The molecule has 6 aromatic carbocycles. The van der Waals surface area contributed by atoms with Gasteiger partial charge in [0.2, 0.25) is 0 Å². The monoisotopic (exact) mass is 596 g/mol. The summed E-state index contributed by atoms with van der Waals surface area (Å²) in [6, 6.07) is 43.4. The van der Waals surface area contributed by atoms with Gasteiger partial charge < -0.3 is 4.42 Å². The Morgan fingerprint density at radius 2 is 1.22 bits per heavy atom. The van der Waals surface area contributed by atoms with Crippen LogP contribution in [0, 0.1) is 0 Å². The van der Waals surface area contributed by atoms with E-state index in [0.29, 0.717) is 11.8 Å². The van der Waals surface area contributed by atoms with Crippen LogP contribution in [0.4, 0.5) is 0 Å². The van der Waals surface area contributed by atoms with Crippen molar-refractivity contribution in [1.82, 2.24) is 9.55 Å². The van der Waals surface area contributed by atoms with Gasteiger partial charge in [-0.25, -0.2) is 4.98 Å². The van der Waals surface area contributed by atoms with Crippen LogP contribution in [0.1, 0.15) is 50.7 Å². The van der Waals surface area contributed by atoms with Crippen molar-refractivity contribution in [3.63, 3.8) is 0 Å². The number of hydrogen-bond acceptors (Lipinski definition) is 2. The number of nitrogens with zero attached hydrogens (tertiary/aromatic N) is 2. The van der Waals surface area contributed by atoms with Gasteiger partial charge in [0.25, 0.3) is 0 Å². The Morgan fingerprint density at radius 1 is 0.587 bits per heavy atom. The summed E-state index contributed by atoms with van der Waals surface area (Å²) >= 11 is 0. The lowest BCUT2D eigenvalue weighted by Gasteiger charge is -2.24. The molecule has 46 heavy (non-hydrogen) atoms. The molecular formula is C43H36N2O. The zero-order valence-electron chi connectivity index (χ0n) is 26.7. The molecule has 0 aliphatic carbocycles. The Balaban J connectivity index is 1.40. The van der Waals surface area contributed by atoms with Gasteiger partial charge in [-0.05, 0) is 86.3 Å². The van der Waals surface area contributed by atoms with E-state index in [0.717, 1.165) is 38.9 Å². The summed E-state index contributed by atoms with van der Waals surface area (Å²) < 4.78 is 9.14. The molecule has 0 radical (unpaired) electrons. The summed E-state index contributed by atoms with van der Waals surface area (Å²) in [5, 5.41) is 4.60. The lowest BCUT2D eigenvalue weighted by molar-refractivity contribution is 0.669. The summed E-state index contributed by atoms with van der Waals surface area (Å²) in [6.07, 6.45) is 4.04. The maximum absolute atomic E-state index is 6.85. The average molecular weight is 597 g/mol. The van der Waals surface area contributed by atoms with Gasteiger partial charge in [0.15, 0.2) is 0 Å². The minimum atomic E-state index is 0.311. The molecule has 8 aromatic rings. The van der Waals surface area contributed by atoms with E-state index in [1.165, 1.54) is 44.3 Å². The van der Waals surface area contributed by atoms with Crippen LogP contribution in [-0.2, 0) is 0 Å². The number of fused-ring (bicyclic) bond motifs is 5. The first kappa shape index (κ1) is 28.1. The fraction of sp³-hybridized carbons (Fsp3) is 0.140. The minimum absolute atomic E-state index is 0.311. The van der Waals surface area contributed by atoms with Crippen LogP contribution in [0.3, 0.4) is 0 Å². The molecule has 0 fully saturated rings. The molecule has 2 aromatic heterocycles. The van der Waals surface area contributed by atoms with E-state index < -0.39 is 0 Å². The zero-order chi connectivity index (χ0) is 31.4. The Kier molecular flexibility index (Phi) is 6.83. The first-order valence-electron chi connectivity index (χ1n) is 16.2. The Labute approximate surface area is 269 Å². The van der Waals surface area contributed by atoms with Gasteiger partial charge in [-0.15, -0.1) is 0 Å². The molecule has 0 saturated heterocycles. The highest BCUT2D eigenvalue weighted by atomic mass is 16.3. The van der Waals surface area contributed by atoms with Crippen molar-refractivity contribution in [3.05, 3.63) is 145 Å². The lowest BCUT2D eigenvalue weighted by Crippen LogP contribution is -2.09. The van der Waals surface area contributed by atoms with E-state index in [-0.39, 0.29) is 0 Å². The quantitative estimate of drug-likeness (QED) is 0.191. The number of imidazole rings is 1. The van der Waals surface area contributed by atoms with Crippen molar-refractivity contribution < 1.29 is 4.42 Å². The number of hydrogen-bond donors (Lipinski definition) is 0. The number of rotatable bonds is 6. The fourth-order valence-electron chi connectivity index (χ4n) is 6.92. The van der Waals surface area contributed by atoms with Gasteiger partial charge in [-0.3, -0.25) is 4.57 Å². The predicted octanol–water partition coefficient (Wildman–Crippen LogP) is 12.2. The van der Waals surface area contributed by atoms with Crippen LogP contribution in [0.2, 0.25) is 0 Å². The number of furan rings is 1. The van der Waals surface area contributed by atoms with Crippen molar-refractivity contribution in [2.24, 2.45) is 0 Å². The Hall–Kier alpha value is -5.41. The summed E-state index contributed by atoms with van der Waals surface area (Å²) in [5.41, 5.74) is 11.4. The molecule has 3 heteroatoms. The number of aromatic nitrogens is 2. The van der Waals surface area contributed by atoms with Crippen LogP contribution in [0.15, 0.2) is 138 Å². The summed E-state index contributed by atoms with van der Waals surface area (Å²) in [4.78, 5) is 5.04. The van der Waals surface area contributed by atoms with Crippen molar-refractivity contribution in [2.45, 2.75) is 39.5 Å². The van der Waals surface area contributed by atoms with Crippen LogP contribution in [0.25, 0.3) is 72.0 Å². The highest BCUT2D eigenvalue weighted by molar-refractivity contribution is 6.22. The smallest absolute Gasteiger partial charge is 0.148 e. The topological polar surface area (TPSA) is 31.0 Å². The van der Waals surface area contributed by atoms with Crippen molar-refractivity contribution in [3.8, 4) is 39.3 Å². The molecule has 0 aliphatic rings. The Morgan fingerprint density at radius 3 is 1.89 bits per heavy atom. The lowest BCUT2D eigenvalue weighted by atomic mass is 9.88. The predicted molar refractivity (Wildman–Crippen MR) is 193 cm³/mol. The minimum Gasteiger partial charge on any atom is -0.455 e. The first-order valence-corrected chi connectivity index (χ1v) is 16.2. The third kappa shape index (κ3) is 4.62. The third-order valence-corrected chi connectivity index (χ3v) is 9.21.